The largest absolute Gasteiger partial charge is 0.337 e. The lowest BCUT2D eigenvalue weighted by molar-refractivity contribution is 0.349. The van der Waals surface area contributed by atoms with Gasteiger partial charge in [0.05, 0.1) is 6.04 Å². The van der Waals surface area contributed by atoms with Crippen molar-refractivity contribution in [2.45, 2.75) is 18.9 Å². The molecule has 0 bridgehead atoms. The molecule has 7 heteroatoms. The number of nitrogens with zero attached hydrogens (tertiary/aromatic N) is 4. The Bertz CT molecular complexity index is 649. The van der Waals surface area contributed by atoms with Gasteiger partial charge < -0.3 is 10.3 Å². The number of benzene rings is 1. The van der Waals surface area contributed by atoms with Crippen molar-refractivity contribution in [1.82, 2.24) is 25.3 Å². The van der Waals surface area contributed by atoms with E-state index >= 15 is 0 Å². The summed E-state index contributed by atoms with van der Waals surface area (Å²) < 4.78 is 5.16. The Morgan fingerprint density at radius 1 is 1.25 bits per heavy atom. The number of aromatic amines is 1. The summed E-state index contributed by atoms with van der Waals surface area (Å²) >= 11 is 0. The molecule has 3 aromatic rings. The van der Waals surface area contributed by atoms with Gasteiger partial charge >= 0.3 is 0 Å². The second kappa shape index (κ2) is 5.62. The van der Waals surface area contributed by atoms with Gasteiger partial charge in [0, 0.05) is 0 Å². The first-order valence-corrected chi connectivity index (χ1v) is 6.32. The molecule has 0 aliphatic rings. The molecule has 1 aromatic carbocycles. The van der Waals surface area contributed by atoms with E-state index < -0.39 is 0 Å². The van der Waals surface area contributed by atoms with E-state index in [9.17, 15) is 0 Å². The van der Waals surface area contributed by atoms with Crippen molar-refractivity contribution in [2.75, 3.05) is 0 Å². The number of rotatable bonds is 5. The van der Waals surface area contributed by atoms with Crippen LogP contribution in [0, 0.1) is 0 Å². The fraction of sp³-hybridized carbons (Fsp3) is 0.231. The quantitative estimate of drug-likeness (QED) is 0.727. The number of aromatic nitrogens is 5. The third-order valence-electron chi connectivity index (χ3n) is 2.97. The molecule has 102 valence electrons. The fourth-order valence-electron chi connectivity index (χ4n) is 1.89. The summed E-state index contributed by atoms with van der Waals surface area (Å²) in [7, 11) is 0. The molecule has 20 heavy (non-hydrogen) atoms. The Balaban J connectivity index is 1.64. The van der Waals surface area contributed by atoms with Crippen molar-refractivity contribution >= 4 is 0 Å². The van der Waals surface area contributed by atoms with Gasteiger partial charge in [0.25, 0.3) is 0 Å². The Hall–Kier alpha value is -2.54. The highest BCUT2D eigenvalue weighted by Gasteiger charge is 2.16. The highest BCUT2D eigenvalue weighted by atomic mass is 16.5. The van der Waals surface area contributed by atoms with Gasteiger partial charge in [-0.15, -0.1) is 0 Å². The van der Waals surface area contributed by atoms with E-state index in [1.807, 2.05) is 18.2 Å². The Labute approximate surface area is 115 Å². The summed E-state index contributed by atoms with van der Waals surface area (Å²) in [6.45, 7) is 0. The van der Waals surface area contributed by atoms with Crippen LogP contribution in [0.4, 0.5) is 0 Å². The third-order valence-corrected chi connectivity index (χ3v) is 2.97. The van der Waals surface area contributed by atoms with Gasteiger partial charge in [-0.25, -0.2) is 4.98 Å². The normalized spacial score (nSPS) is 12.4. The molecule has 3 N–H and O–H groups in total. The maximum atomic E-state index is 6.07. The molecule has 7 nitrogen and oxygen atoms in total. The lowest BCUT2D eigenvalue weighted by Crippen LogP contribution is -2.11. The van der Waals surface area contributed by atoms with Crippen LogP contribution in [0.3, 0.4) is 0 Å². The van der Waals surface area contributed by atoms with Gasteiger partial charge in [-0.3, -0.25) is 5.10 Å². The molecule has 2 aromatic heterocycles. The van der Waals surface area contributed by atoms with Crippen molar-refractivity contribution in [3.05, 3.63) is 48.1 Å². The van der Waals surface area contributed by atoms with Gasteiger partial charge in [-0.1, -0.05) is 35.5 Å². The molecule has 0 radical (unpaired) electrons. The number of hydrogen-bond donors (Lipinski definition) is 2. The molecular weight excluding hydrogens is 256 g/mol. The van der Waals surface area contributed by atoms with E-state index in [-0.39, 0.29) is 6.04 Å². The first-order chi connectivity index (χ1) is 9.83. The van der Waals surface area contributed by atoms with Crippen molar-refractivity contribution in [3.63, 3.8) is 0 Å². The first kappa shape index (κ1) is 12.5. The molecular formula is C13H14N6O. The van der Waals surface area contributed by atoms with Crippen LogP contribution in [0.5, 0.6) is 0 Å². The predicted molar refractivity (Wildman–Crippen MR) is 71.4 cm³/mol. The van der Waals surface area contributed by atoms with Crippen molar-refractivity contribution < 1.29 is 4.52 Å². The molecule has 0 saturated heterocycles. The molecule has 2 heterocycles. The molecule has 0 fully saturated rings. The number of H-pyrrole nitrogens is 1. The average Bonchev–Trinajstić information content (AvgIpc) is 3.16. The minimum atomic E-state index is -0.292. The second-order valence-corrected chi connectivity index (χ2v) is 4.42. The average molecular weight is 270 g/mol. The van der Waals surface area contributed by atoms with Crippen LogP contribution in [-0.4, -0.2) is 25.3 Å². The Morgan fingerprint density at radius 3 is 2.85 bits per heavy atom. The third kappa shape index (κ3) is 2.72. The number of nitrogens with two attached hydrogens (primary N) is 1. The summed E-state index contributed by atoms with van der Waals surface area (Å²) in [5.74, 6) is 1.25. The predicted octanol–water partition coefficient (Wildman–Crippen LogP) is 1.49. The highest BCUT2D eigenvalue weighted by molar-refractivity contribution is 5.39. The lowest BCUT2D eigenvalue weighted by atomic mass is 10.1. The topological polar surface area (TPSA) is 107 Å². The highest BCUT2D eigenvalue weighted by Crippen LogP contribution is 2.17. The standard InChI is InChI=1S/C13H14N6O/c14-10(7-6-9-4-2-1-3-5-9)13-17-12(19-20-13)11-15-8-16-18-11/h1-5,8,10H,6-7,14H2,(H,15,16,18). The Kier molecular flexibility index (Phi) is 3.51. The van der Waals surface area contributed by atoms with Gasteiger partial charge in [-0.2, -0.15) is 10.1 Å². The van der Waals surface area contributed by atoms with Crippen LogP contribution in [0.2, 0.25) is 0 Å². The molecule has 0 amide bonds. The van der Waals surface area contributed by atoms with Gasteiger partial charge in [0.2, 0.25) is 11.7 Å². The molecule has 3 rings (SSSR count). The number of hydrogen-bond acceptors (Lipinski definition) is 6. The van der Waals surface area contributed by atoms with Gasteiger partial charge in [0.1, 0.15) is 6.33 Å². The SMILES string of the molecule is NC(CCc1ccccc1)c1nc(-c2ncn[nH]2)no1. The fourth-order valence-corrected chi connectivity index (χ4v) is 1.89. The van der Waals surface area contributed by atoms with E-state index in [2.05, 4.69) is 37.5 Å². The zero-order chi connectivity index (χ0) is 13.8. The van der Waals surface area contributed by atoms with Crippen LogP contribution >= 0.6 is 0 Å². The minimum absolute atomic E-state index is 0.292. The zero-order valence-electron chi connectivity index (χ0n) is 10.7. The van der Waals surface area contributed by atoms with E-state index in [1.165, 1.54) is 11.9 Å². The Morgan fingerprint density at radius 2 is 2.10 bits per heavy atom. The van der Waals surface area contributed by atoms with Gasteiger partial charge in [-0.05, 0) is 18.4 Å². The minimum Gasteiger partial charge on any atom is -0.337 e. The second-order valence-electron chi connectivity index (χ2n) is 4.42. The zero-order valence-corrected chi connectivity index (χ0v) is 10.7. The van der Waals surface area contributed by atoms with Crippen molar-refractivity contribution in [2.24, 2.45) is 5.73 Å². The summed E-state index contributed by atoms with van der Waals surface area (Å²) in [6.07, 6.45) is 2.99. The monoisotopic (exact) mass is 270 g/mol. The summed E-state index contributed by atoms with van der Waals surface area (Å²) in [6, 6.07) is 9.86. The number of nitrogens with one attached hydrogen (secondary N) is 1. The smallest absolute Gasteiger partial charge is 0.243 e. The van der Waals surface area contributed by atoms with Crippen molar-refractivity contribution in [1.29, 1.82) is 0 Å². The maximum Gasteiger partial charge on any atom is 0.243 e. The molecule has 0 saturated carbocycles. The summed E-state index contributed by atoms with van der Waals surface area (Å²) in [5.41, 5.74) is 7.30. The van der Waals surface area contributed by atoms with Crippen LogP contribution in [-0.2, 0) is 6.42 Å². The molecule has 0 aliphatic carbocycles. The van der Waals surface area contributed by atoms with Crippen LogP contribution in [0.1, 0.15) is 23.9 Å². The van der Waals surface area contributed by atoms with Crippen molar-refractivity contribution in [3.8, 4) is 11.6 Å². The van der Waals surface area contributed by atoms with Crippen LogP contribution in [0.25, 0.3) is 11.6 Å². The molecule has 0 spiro atoms. The van der Waals surface area contributed by atoms with E-state index in [0.717, 1.165) is 12.8 Å². The van der Waals surface area contributed by atoms with Crippen LogP contribution < -0.4 is 5.73 Å². The van der Waals surface area contributed by atoms with E-state index in [0.29, 0.717) is 17.5 Å². The van der Waals surface area contributed by atoms with Crippen LogP contribution in [0.15, 0.2) is 41.2 Å². The summed E-state index contributed by atoms with van der Waals surface area (Å²) in [5, 5.41) is 10.3. The van der Waals surface area contributed by atoms with E-state index in [4.69, 9.17) is 10.3 Å². The lowest BCUT2D eigenvalue weighted by Gasteiger charge is -2.06. The number of aryl methyl sites for hydroxylation is 1. The molecule has 1 atom stereocenters. The maximum absolute atomic E-state index is 6.07. The first-order valence-electron chi connectivity index (χ1n) is 6.32. The van der Waals surface area contributed by atoms with E-state index in [1.54, 1.807) is 0 Å². The van der Waals surface area contributed by atoms with Gasteiger partial charge in [0.15, 0.2) is 5.82 Å². The summed E-state index contributed by atoms with van der Waals surface area (Å²) in [4.78, 5) is 8.19. The molecule has 0 aliphatic heterocycles. The molecule has 1 unspecified atom stereocenters.